The third-order valence-corrected chi connectivity index (χ3v) is 6.04. The highest BCUT2D eigenvalue weighted by Gasteiger charge is 2.15. The lowest BCUT2D eigenvalue weighted by Crippen LogP contribution is -2.10. The first-order valence-electron chi connectivity index (χ1n) is 11.0. The number of amidine groups is 1. The molecular formula is C27H20Cl3FN6O. The van der Waals surface area contributed by atoms with E-state index in [1.165, 1.54) is 12.1 Å². The van der Waals surface area contributed by atoms with Crippen LogP contribution in [-0.2, 0) is 0 Å². The molecule has 0 saturated carbocycles. The van der Waals surface area contributed by atoms with Crippen LogP contribution in [0.25, 0.3) is 44.8 Å². The smallest absolute Gasteiger partial charge is 0.142 e. The number of hydrogen-bond acceptors (Lipinski definition) is 4. The van der Waals surface area contributed by atoms with E-state index >= 15 is 0 Å². The highest BCUT2D eigenvalue weighted by Crippen LogP contribution is 2.34. The van der Waals surface area contributed by atoms with Crippen molar-refractivity contribution in [3.63, 3.8) is 0 Å². The zero-order chi connectivity index (χ0) is 24.8. The standard InChI is InChI=1S/C27H18ClFN6O.2ClH/c28-16-3-6-18(7-4-16)36-24-10-5-17(29)13-19(24)27-33-21-9-2-15(12-23(21)35-27)26-32-20-8-1-14(25(30)31)11-22(20)34-26;;/h1-13H,(H3,30,31)(H,32,34)(H,33,35);2*1H. The fraction of sp³-hybridized carbons (Fsp3) is 0. The molecule has 0 radical (unpaired) electrons. The van der Waals surface area contributed by atoms with E-state index < -0.39 is 5.82 Å². The van der Waals surface area contributed by atoms with Gasteiger partial charge in [0.1, 0.15) is 34.8 Å². The lowest BCUT2D eigenvalue weighted by Gasteiger charge is -2.10. The summed E-state index contributed by atoms with van der Waals surface area (Å²) in [5, 5.41) is 8.24. The third-order valence-electron chi connectivity index (χ3n) is 5.79. The van der Waals surface area contributed by atoms with Gasteiger partial charge in [-0.1, -0.05) is 11.6 Å². The maximum atomic E-state index is 14.2. The molecule has 0 amide bonds. The minimum absolute atomic E-state index is 0. The number of fused-ring (bicyclic) bond motifs is 2. The number of imidazole rings is 2. The molecule has 5 N–H and O–H groups in total. The highest BCUT2D eigenvalue weighted by atomic mass is 35.5. The summed E-state index contributed by atoms with van der Waals surface area (Å²) in [6.45, 7) is 0. The summed E-state index contributed by atoms with van der Waals surface area (Å²) in [6, 6.07) is 22.3. The van der Waals surface area contributed by atoms with Gasteiger partial charge in [0.25, 0.3) is 0 Å². The number of hydrogen-bond donors (Lipinski definition) is 4. The van der Waals surface area contributed by atoms with Crippen LogP contribution in [0.4, 0.5) is 4.39 Å². The quantitative estimate of drug-likeness (QED) is 0.127. The Morgan fingerprint density at radius 2 is 1.47 bits per heavy atom. The highest BCUT2D eigenvalue weighted by molar-refractivity contribution is 6.30. The number of nitrogens with one attached hydrogen (secondary N) is 3. The molecule has 11 heteroatoms. The molecule has 0 spiro atoms. The Morgan fingerprint density at radius 1 is 0.816 bits per heavy atom. The fourth-order valence-corrected chi connectivity index (χ4v) is 4.13. The number of aromatic amines is 2. The number of aromatic nitrogens is 4. The molecule has 0 aliphatic carbocycles. The van der Waals surface area contributed by atoms with Crippen LogP contribution >= 0.6 is 36.4 Å². The van der Waals surface area contributed by atoms with Crippen molar-refractivity contribution >= 4 is 64.3 Å². The molecule has 0 saturated heterocycles. The third kappa shape index (κ3) is 5.15. The Hall–Kier alpha value is -4.11. The Labute approximate surface area is 233 Å². The number of nitrogens with two attached hydrogens (primary N) is 1. The summed E-state index contributed by atoms with van der Waals surface area (Å²) in [4.78, 5) is 15.9. The van der Waals surface area contributed by atoms with Crippen molar-refractivity contribution in [2.45, 2.75) is 0 Å². The van der Waals surface area contributed by atoms with Crippen molar-refractivity contribution in [3.05, 3.63) is 95.3 Å². The molecule has 4 aromatic carbocycles. The lowest BCUT2D eigenvalue weighted by atomic mass is 10.2. The number of H-pyrrole nitrogens is 2. The van der Waals surface area contributed by atoms with Gasteiger partial charge < -0.3 is 20.4 Å². The molecule has 0 aliphatic rings. The average molecular weight is 570 g/mol. The molecule has 7 nitrogen and oxygen atoms in total. The number of nitrogen functional groups attached to an aromatic ring is 1. The Kier molecular flexibility index (Phi) is 7.59. The summed E-state index contributed by atoms with van der Waals surface area (Å²) in [7, 11) is 0. The first-order valence-corrected chi connectivity index (χ1v) is 11.4. The van der Waals surface area contributed by atoms with E-state index in [0.717, 1.165) is 22.1 Å². The molecule has 0 atom stereocenters. The van der Waals surface area contributed by atoms with Crippen LogP contribution in [0.5, 0.6) is 11.5 Å². The van der Waals surface area contributed by atoms with Crippen LogP contribution in [0.3, 0.4) is 0 Å². The SMILES string of the molecule is Cl.Cl.N=C(N)c1ccc2nc(-c3ccc4nc(-c5cc(F)ccc5Oc5ccc(Cl)cc5)[nH]c4c3)[nH]c2c1. The maximum Gasteiger partial charge on any atom is 0.142 e. The molecule has 0 aliphatic heterocycles. The first kappa shape index (κ1) is 26.9. The second kappa shape index (κ2) is 10.7. The minimum Gasteiger partial charge on any atom is -0.457 e. The van der Waals surface area contributed by atoms with Gasteiger partial charge in [-0.25, -0.2) is 14.4 Å². The predicted molar refractivity (Wildman–Crippen MR) is 154 cm³/mol. The second-order valence-electron chi connectivity index (χ2n) is 8.24. The monoisotopic (exact) mass is 568 g/mol. The normalized spacial score (nSPS) is 10.7. The zero-order valence-electron chi connectivity index (χ0n) is 19.5. The lowest BCUT2D eigenvalue weighted by molar-refractivity contribution is 0.482. The van der Waals surface area contributed by atoms with Crippen molar-refractivity contribution in [1.82, 2.24) is 19.9 Å². The summed E-state index contributed by atoms with van der Waals surface area (Å²) in [6.07, 6.45) is 0. The van der Waals surface area contributed by atoms with E-state index in [0.29, 0.717) is 44.8 Å². The molecule has 0 fully saturated rings. The van der Waals surface area contributed by atoms with E-state index in [1.54, 1.807) is 42.5 Å². The summed E-state index contributed by atoms with van der Waals surface area (Å²) in [5.41, 5.74) is 10.6. The van der Waals surface area contributed by atoms with Crippen molar-refractivity contribution < 1.29 is 9.13 Å². The van der Waals surface area contributed by atoms with Crippen molar-refractivity contribution in [2.24, 2.45) is 5.73 Å². The summed E-state index contributed by atoms with van der Waals surface area (Å²) in [5.74, 6) is 1.76. The van der Waals surface area contributed by atoms with Crippen LogP contribution in [0.1, 0.15) is 5.56 Å². The molecule has 6 rings (SSSR count). The van der Waals surface area contributed by atoms with Gasteiger partial charge in [0.2, 0.25) is 0 Å². The minimum atomic E-state index is -0.401. The average Bonchev–Trinajstić information content (AvgIpc) is 3.49. The largest absolute Gasteiger partial charge is 0.457 e. The number of halogens is 4. The molecular weight excluding hydrogens is 550 g/mol. The maximum absolute atomic E-state index is 14.2. The van der Waals surface area contributed by atoms with Gasteiger partial charge in [0, 0.05) is 16.1 Å². The second-order valence-corrected chi connectivity index (χ2v) is 8.68. The van der Waals surface area contributed by atoms with Gasteiger partial charge in [0.15, 0.2) is 0 Å². The fourth-order valence-electron chi connectivity index (χ4n) is 4.00. The number of nitrogens with zero attached hydrogens (tertiary/aromatic N) is 2. The van der Waals surface area contributed by atoms with Crippen LogP contribution in [0, 0.1) is 11.2 Å². The van der Waals surface area contributed by atoms with Crippen molar-refractivity contribution in [1.29, 1.82) is 5.41 Å². The topological polar surface area (TPSA) is 116 Å². The van der Waals surface area contributed by atoms with E-state index in [4.69, 9.17) is 27.5 Å². The van der Waals surface area contributed by atoms with Crippen LogP contribution < -0.4 is 10.5 Å². The van der Waals surface area contributed by atoms with Gasteiger partial charge in [0.05, 0.1) is 27.6 Å². The molecule has 6 aromatic rings. The number of ether oxygens (including phenoxy) is 1. The first-order chi connectivity index (χ1) is 17.4. The van der Waals surface area contributed by atoms with Crippen molar-refractivity contribution in [3.8, 4) is 34.3 Å². The summed E-state index contributed by atoms with van der Waals surface area (Å²) < 4.78 is 20.2. The molecule has 0 unspecified atom stereocenters. The van der Waals surface area contributed by atoms with E-state index in [-0.39, 0.29) is 30.6 Å². The van der Waals surface area contributed by atoms with Gasteiger partial charge in [-0.3, -0.25) is 5.41 Å². The molecule has 192 valence electrons. The molecule has 38 heavy (non-hydrogen) atoms. The van der Waals surface area contributed by atoms with Gasteiger partial charge >= 0.3 is 0 Å². The van der Waals surface area contributed by atoms with E-state index in [1.807, 2.05) is 24.3 Å². The van der Waals surface area contributed by atoms with E-state index in [9.17, 15) is 4.39 Å². The molecule has 0 bridgehead atoms. The number of rotatable bonds is 5. The van der Waals surface area contributed by atoms with Gasteiger partial charge in [-0.05, 0) is 78.9 Å². The Morgan fingerprint density at radius 3 is 2.21 bits per heavy atom. The Bertz CT molecular complexity index is 1780. The summed E-state index contributed by atoms with van der Waals surface area (Å²) >= 11 is 5.97. The van der Waals surface area contributed by atoms with E-state index in [2.05, 4.69) is 19.9 Å². The van der Waals surface area contributed by atoms with Crippen LogP contribution in [0.2, 0.25) is 5.02 Å². The Balaban J connectivity index is 0.00000168. The van der Waals surface area contributed by atoms with Crippen LogP contribution in [0.15, 0.2) is 78.9 Å². The molecule has 2 aromatic heterocycles. The zero-order valence-corrected chi connectivity index (χ0v) is 21.8. The predicted octanol–water partition coefficient (Wildman–Crippen LogP) is 7.49. The van der Waals surface area contributed by atoms with Gasteiger partial charge in [-0.15, -0.1) is 24.8 Å². The van der Waals surface area contributed by atoms with Crippen LogP contribution in [-0.4, -0.2) is 25.8 Å². The van der Waals surface area contributed by atoms with Crippen molar-refractivity contribution in [2.75, 3.05) is 0 Å². The van der Waals surface area contributed by atoms with Gasteiger partial charge in [-0.2, -0.15) is 0 Å². The molecule has 2 heterocycles. The number of benzene rings is 4.